The molecular weight excluding hydrogens is 252 g/mol. The number of hydrogen-bond acceptors (Lipinski definition) is 5. The molecule has 0 aliphatic rings. The van der Waals surface area contributed by atoms with E-state index >= 15 is 0 Å². The predicted octanol–water partition coefficient (Wildman–Crippen LogP) is 3.06. The van der Waals surface area contributed by atoms with Crippen LogP contribution in [0, 0.1) is 0 Å². The second-order valence-electron chi connectivity index (χ2n) is 4.10. The summed E-state index contributed by atoms with van der Waals surface area (Å²) in [6.45, 7) is 12.7. The molecule has 0 saturated carbocycles. The van der Waals surface area contributed by atoms with Crippen LogP contribution in [-0.2, 0) is 22.7 Å². The van der Waals surface area contributed by atoms with Crippen molar-refractivity contribution in [1.29, 1.82) is 0 Å². The fourth-order valence-electron chi connectivity index (χ4n) is 1.07. The van der Waals surface area contributed by atoms with Gasteiger partial charge in [-0.3, -0.25) is 0 Å². The van der Waals surface area contributed by atoms with Crippen molar-refractivity contribution < 1.29 is 22.7 Å². The summed E-state index contributed by atoms with van der Waals surface area (Å²) in [5.41, 5.74) is 0. The molecule has 0 rings (SSSR count). The summed E-state index contributed by atoms with van der Waals surface area (Å²) < 4.78 is 22.4. The van der Waals surface area contributed by atoms with Crippen molar-refractivity contribution in [2.24, 2.45) is 0 Å². The van der Waals surface area contributed by atoms with Gasteiger partial charge in [-0.05, 0) is 40.5 Å². The van der Waals surface area contributed by atoms with Gasteiger partial charge in [-0.2, -0.15) is 4.58 Å². The third-order valence-corrected chi connectivity index (χ3v) is 4.73. The largest absolute Gasteiger partial charge is 0.708 e. The molecule has 6 heteroatoms. The van der Waals surface area contributed by atoms with Gasteiger partial charge in [0.2, 0.25) is 0 Å². The van der Waals surface area contributed by atoms with Gasteiger partial charge in [-0.15, -0.1) is 0 Å². The SMILES string of the molecule is CCO[Si](OCC)(OOC(C)CC)OC(C)CC. The summed E-state index contributed by atoms with van der Waals surface area (Å²) in [4.78, 5) is 5.29. The number of hydrogen-bond donors (Lipinski definition) is 0. The predicted molar refractivity (Wildman–Crippen MR) is 71.8 cm³/mol. The molecule has 0 spiro atoms. The topological polar surface area (TPSA) is 46.2 Å². The Balaban J connectivity index is 4.61. The summed E-state index contributed by atoms with van der Waals surface area (Å²) in [7, 11) is -3.18. The Labute approximate surface area is 112 Å². The Morgan fingerprint density at radius 1 is 0.833 bits per heavy atom. The van der Waals surface area contributed by atoms with Crippen LogP contribution in [0.2, 0.25) is 0 Å². The van der Waals surface area contributed by atoms with Crippen LogP contribution in [0.5, 0.6) is 0 Å². The average molecular weight is 280 g/mol. The minimum Gasteiger partial charge on any atom is -0.350 e. The molecule has 0 bridgehead atoms. The van der Waals surface area contributed by atoms with Crippen molar-refractivity contribution in [3.05, 3.63) is 0 Å². The lowest BCUT2D eigenvalue weighted by molar-refractivity contribution is -0.301. The van der Waals surface area contributed by atoms with Crippen LogP contribution in [0.25, 0.3) is 0 Å². The van der Waals surface area contributed by atoms with Gasteiger partial charge in [0.15, 0.2) is 0 Å². The zero-order valence-electron chi connectivity index (χ0n) is 12.5. The summed E-state index contributed by atoms with van der Waals surface area (Å²) in [6, 6.07) is 0. The monoisotopic (exact) mass is 280 g/mol. The molecule has 0 radical (unpaired) electrons. The van der Waals surface area contributed by atoms with Crippen molar-refractivity contribution in [3.8, 4) is 0 Å². The Kier molecular flexibility index (Phi) is 9.89. The zero-order chi connectivity index (χ0) is 14.0. The summed E-state index contributed by atoms with van der Waals surface area (Å²) >= 11 is 0. The molecule has 0 amide bonds. The van der Waals surface area contributed by atoms with E-state index in [2.05, 4.69) is 0 Å². The van der Waals surface area contributed by atoms with E-state index in [1.54, 1.807) is 0 Å². The van der Waals surface area contributed by atoms with Crippen molar-refractivity contribution in [3.63, 3.8) is 0 Å². The quantitative estimate of drug-likeness (QED) is 0.331. The van der Waals surface area contributed by atoms with Crippen LogP contribution >= 0.6 is 0 Å². The Morgan fingerprint density at radius 3 is 1.72 bits per heavy atom. The highest BCUT2D eigenvalue weighted by molar-refractivity contribution is 6.53. The van der Waals surface area contributed by atoms with Gasteiger partial charge >= 0.3 is 9.05 Å². The highest BCUT2D eigenvalue weighted by atomic mass is 28.4. The Bertz CT molecular complexity index is 197. The van der Waals surface area contributed by atoms with Gasteiger partial charge in [-0.1, -0.05) is 13.8 Å². The Hall–Kier alpha value is 0.0169. The molecule has 0 aromatic rings. The smallest absolute Gasteiger partial charge is 0.350 e. The summed E-state index contributed by atoms with van der Waals surface area (Å²) in [5.74, 6) is 0. The minimum atomic E-state index is -3.18. The van der Waals surface area contributed by atoms with Crippen LogP contribution < -0.4 is 0 Å². The van der Waals surface area contributed by atoms with Crippen molar-refractivity contribution >= 4 is 9.05 Å². The van der Waals surface area contributed by atoms with E-state index in [0.717, 1.165) is 12.8 Å². The van der Waals surface area contributed by atoms with Gasteiger partial charge in [0.25, 0.3) is 0 Å². The van der Waals surface area contributed by atoms with E-state index < -0.39 is 9.05 Å². The lowest BCUT2D eigenvalue weighted by atomic mass is 10.3. The second kappa shape index (κ2) is 9.88. The maximum absolute atomic E-state index is 5.81. The van der Waals surface area contributed by atoms with Gasteiger partial charge < -0.3 is 13.3 Å². The minimum absolute atomic E-state index is 0.00954. The highest BCUT2D eigenvalue weighted by Gasteiger charge is 2.48. The highest BCUT2D eigenvalue weighted by Crippen LogP contribution is 2.17. The standard InChI is InChI=1S/C12H28O5Si/c1-7-11(5)15-17-18(13-9-3,14-10-4)16-12(6)8-2/h11-12H,7-10H2,1-6H3. The summed E-state index contributed by atoms with van der Waals surface area (Å²) in [6.07, 6.45) is 1.71. The van der Waals surface area contributed by atoms with Crippen molar-refractivity contribution in [2.45, 2.75) is 66.6 Å². The van der Waals surface area contributed by atoms with Gasteiger partial charge in [-0.25, -0.2) is 4.89 Å². The Morgan fingerprint density at radius 2 is 1.33 bits per heavy atom. The van der Waals surface area contributed by atoms with Crippen LogP contribution in [0.4, 0.5) is 0 Å². The van der Waals surface area contributed by atoms with E-state index in [0.29, 0.717) is 13.2 Å². The lowest BCUT2D eigenvalue weighted by Gasteiger charge is -2.29. The van der Waals surface area contributed by atoms with E-state index in [1.165, 1.54) is 0 Å². The first kappa shape index (κ1) is 18.0. The number of rotatable bonds is 11. The molecule has 0 heterocycles. The third-order valence-electron chi connectivity index (χ3n) is 2.45. The molecule has 0 aromatic carbocycles. The molecule has 110 valence electrons. The maximum atomic E-state index is 5.81. The fourth-order valence-corrected chi connectivity index (χ4v) is 3.07. The van der Waals surface area contributed by atoms with Crippen molar-refractivity contribution in [2.75, 3.05) is 13.2 Å². The summed E-state index contributed by atoms with van der Waals surface area (Å²) in [5, 5.41) is 0. The van der Waals surface area contributed by atoms with Crippen LogP contribution in [0.3, 0.4) is 0 Å². The van der Waals surface area contributed by atoms with Gasteiger partial charge in [0.1, 0.15) is 0 Å². The molecule has 0 aliphatic heterocycles. The van der Waals surface area contributed by atoms with E-state index in [4.69, 9.17) is 22.7 Å². The van der Waals surface area contributed by atoms with Crippen molar-refractivity contribution in [1.82, 2.24) is 0 Å². The molecule has 2 unspecified atom stereocenters. The molecule has 0 N–H and O–H groups in total. The second-order valence-corrected chi connectivity index (χ2v) is 6.08. The molecule has 0 saturated heterocycles. The lowest BCUT2D eigenvalue weighted by Crippen LogP contribution is -2.51. The first-order valence-corrected chi connectivity index (χ1v) is 8.46. The maximum Gasteiger partial charge on any atom is 0.708 e. The molecule has 5 nitrogen and oxygen atoms in total. The molecule has 18 heavy (non-hydrogen) atoms. The molecule has 2 atom stereocenters. The van der Waals surface area contributed by atoms with E-state index in [-0.39, 0.29) is 12.2 Å². The molecule has 0 aromatic heterocycles. The molecule has 0 fully saturated rings. The van der Waals surface area contributed by atoms with Crippen LogP contribution in [0.1, 0.15) is 54.4 Å². The van der Waals surface area contributed by atoms with Crippen LogP contribution in [-0.4, -0.2) is 34.5 Å². The fraction of sp³-hybridized carbons (Fsp3) is 1.00. The first-order chi connectivity index (χ1) is 8.53. The average Bonchev–Trinajstić information content (AvgIpc) is 2.36. The normalized spacial score (nSPS) is 15.7. The van der Waals surface area contributed by atoms with Gasteiger partial charge in [0, 0.05) is 19.3 Å². The van der Waals surface area contributed by atoms with E-state index in [9.17, 15) is 0 Å². The third kappa shape index (κ3) is 6.82. The van der Waals surface area contributed by atoms with Gasteiger partial charge in [0.05, 0.1) is 6.10 Å². The molecule has 0 aliphatic carbocycles. The molecular formula is C12H28O5Si. The zero-order valence-corrected chi connectivity index (χ0v) is 13.5. The first-order valence-electron chi connectivity index (χ1n) is 6.83. The van der Waals surface area contributed by atoms with E-state index in [1.807, 2.05) is 41.5 Å². The van der Waals surface area contributed by atoms with Crippen LogP contribution in [0.15, 0.2) is 0 Å².